The van der Waals surface area contributed by atoms with Crippen LogP contribution in [0.4, 0.5) is 0 Å². The fourth-order valence-electron chi connectivity index (χ4n) is 1.87. The molecule has 2 aromatic heterocycles. The Morgan fingerprint density at radius 1 is 1.47 bits per heavy atom. The van der Waals surface area contributed by atoms with Crippen LogP contribution in [-0.4, -0.2) is 16.5 Å². The summed E-state index contributed by atoms with van der Waals surface area (Å²) in [5.41, 5.74) is 6.86. The van der Waals surface area contributed by atoms with Crippen molar-refractivity contribution in [1.82, 2.24) is 9.97 Å². The zero-order valence-electron chi connectivity index (χ0n) is 9.19. The van der Waals surface area contributed by atoms with E-state index in [1.54, 1.807) is 11.3 Å². The van der Waals surface area contributed by atoms with E-state index in [9.17, 15) is 0 Å². The molecule has 17 heavy (non-hydrogen) atoms. The minimum atomic E-state index is 0.0600. The van der Waals surface area contributed by atoms with Crippen LogP contribution < -0.4 is 5.73 Å². The first-order chi connectivity index (χ1) is 8.23. The fourth-order valence-corrected chi connectivity index (χ4v) is 3.27. The molecule has 0 aromatic carbocycles. The molecule has 1 aliphatic rings. The number of halogens is 1. The van der Waals surface area contributed by atoms with Crippen LogP contribution in [0.5, 0.6) is 0 Å². The van der Waals surface area contributed by atoms with Gasteiger partial charge in [-0.05, 0) is 40.9 Å². The van der Waals surface area contributed by atoms with Crippen LogP contribution in [0.15, 0.2) is 28.2 Å². The molecule has 0 atom stereocenters. The normalized spacial score (nSPS) is 17.1. The standard InChI is InChI=1S/C12H12BrN3S/c13-8-5-10(17-6-8)9-1-4-15-11(16-9)12(7-14)2-3-12/h1,4-6H,2-3,7,14H2. The molecule has 0 radical (unpaired) electrons. The minimum absolute atomic E-state index is 0.0600. The van der Waals surface area contributed by atoms with Gasteiger partial charge in [-0.3, -0.25) is 0 Å². The van der Waals surface area contributed by atoms with E-state index in [1.807, 2.05) is 12.3 Å². The van der Waals surface area contributed by atoms with Crippen molar-refractivity contribution in [3.63, 3.8) is 0 Å². The highest BCUT2D eigenvalue weighted by Crippen LogP contribution is 2.45. The maximum Gasteiger partial charge on any atom is 0.136 e. The second-order valence-electron chi connectivity index (χ2n) is 4.38. The molecule has 0 spiro atoms. The molecule has 3 nitrogen and oxygen atoms in total. The summed E-state index contributed by atoms with van der Waals surface area (Å²) in [4.78, 5) is 10.2. The molecule has 2 heterocycles. The van der Waals surface area contributed by atoms with E-state index in [0.717, 1.165) is 33.7 Å². The van der Waals surface area contributed by atoms with Crippen molar-refractivity contribution in [2.75, 3.05) is 6.54 Å². The van der Waals surface area contributed by atoms with Gasteiger partial charge < -0.3 is 5.73 Å². The monoisotopic (exact) mass is 309 g/mol. The second kappa shape index (κ2) is 4.15. The number of thiophene rings is 1. The van der Waals surface area contributed by atoms with E-state index in [2.05, 4.69) is 37.3 Å². The molecule has 3 rings (SSSR count). The van der Waals surface area contributed by atoms with Gasteiger partial charge in [-0.25, -0.2) is 9.97 Å². The van der Waals surface area contributed by atoms with Crippen molar-refractivity contribution < 1.29 is 0 Å². The Hall–Kier alpha value is -0.780. The summed E-state index contributed by atoms with van der Waals surface area (Å²) in [5.74, 6) is 0.905. The van der Waals surface area contributed by atoms with Crippen LogP contribution in [0.2, 0.25) is 0 Å². The van der Waals surface area contributed by atoms with Gasteiger partial charge >= 0.3 is 0 Å². The molecule has 1 aliphatic carbocycles. The summed E-state index contributed by atoms with van der Waals surface area (Å²) in [6, 6.07) is 4.03. The third-order valence-corrected chi connectivity index (χ3v) is 4.91. The largest absolute Gasteiger partial charge is 0.329 e. The zero-order chi connectivity index (χ0) is 11.9. The molecular formula is C12H12BrN3S. The van der Waals surface area contributed by atoms with Crippen molar-refractivity contribution in [2.24, 2.45) is 5.73 Å². The number of aromatic nitrogens is 2. The van der Waals surface area contributed by atoms with Crippen molar-refractivity contribution in [2.45, 2.75) is 18.3 Å². The van der Waals surface area contributed by atoms with Gasteiger partial charge in [0, 0.05) is 28.0 Å². The summed E-state index contributed by atoms with van der Waals surface area (Å²) in [6.45, 7) is 0.643. The van der Waals surface area contributed by atoms with Crippen molar-refractivity contribution >= 4 is 27.3 Å². The van der Waals surface area contributed by atoms with Crippen LogP contribution in [0.25, 0.3) is 10.6 Å². The molecule has 1 saturated carbocycles. The maximum atomic E-state index is 5.81. The maximum absolute atomic E-state index is 5.81. The molecule has 0 amide bonds. The lowest BCUT2D eigenvalue weighted by Gasteiger charge is -2.10. The molecular weight excluding hydrogens is 298 g/mol. The van der Waals surface area contributed by atoms with Gasteiger partial charge in [-0.2, -0.15) is 0 Å². The van der Waals surface area contributed by atoms with Gasteiger partial charge in [0.25, 0.3) is 0 Å². The van der Waals surface area contributed by atoms with E-state index in [4.69, 9.17) is 5.73 Å². The van der Waals surface area contributed by atoms with E-state index in [-0.39, 0.29) is 5.41 Å². The molecule has 5 heteroatoms. The molecule has 0 bridgehead atoms. The first-order valence-electron chi connectivity index (χ1n) is 5.51. The van der Waals surface area contributed by atoms with E-state index >= 15 is 0 Å². The van der Waals surface area contributed by atoms with Gasteiger partial charge in [-0.1, -0.05) is 0 Å². The van der Waals surface area contributed by atoms with Crippen LogP contribution in [0.3, 0.4) is 0 Å². The van der Waals surface area contributed by atoms with Crippen molar-refractivity contribution in [3.05, 3.63) is 34.0 Å². The zero-order valence-corrected chi connectivity index (χ0v) is 11.6. The van der Waals surface area contributed by atoms with Crippen molar-refractivity contribution in [1.29, 1.82) is 0 Å². The van der Waals surface area contributed by atoms with Gasteiger partial charge in [0.2, 0.25) is 0 Å². The average molecular weight is 310 g/mol. The number of hydrogen-bond acceptors (Lipinski definition) is 4. The lowest BCUT2D eigenvalue weighted by atomic mass is 10.1. The van der Waals surface area contributed by atoms with Crippen LogP contribution in [0.1, 0.15) is 18.7 Å². The topological polar surface area (TPSA) is 51.8 Å². The smallest absolute Gasteiger partial charge is 0.136 e. The first-order valence-corrected chi connectivity index (χ1v) is 7.19. The molecule has 1 fully saturated rings. The number of nitrogens with two attached hydrogens (primary N) is 1. The number of hydrogen-bond donors (Lipinski definition) is 1. The number of rotatable bonds is 3. The fraction of sp³-hybridized carbons (Fsp3) is 0.333. The van der Waals surface area contributed by atoms with Gasteiger partial charge in [-0.15, -0.1) is 11.3 Å². The highest BCUT2D eigenvalue weighted by Gasteiger charge is 2.45. The molecule has 0 aliphatic heterocycles. The molecule has 88 valence electrons. The molecule has 0 unspecified atom stereocenters. The molecule has 2 N–H and O–H groups in total. The number of nitrogens with zero attached hydrogens (tertiary/aromatic N) is 2. The van der Waals surface area contributed by atoms with E-state index < -0.39 is 0 Å². The Morgan fingerprint density at radius 3 is 2.88 bits per heavy atom. The van der Waals surface area contributed by atoms with Crippen LogP contribution in [-0.2, 0) is 5.41 Å². The highest BCUT2D eigenvalue weighted by atomic mass is 79.9. The van der Waals surface area contributed by atoms with Gasteiger partial charge in [0.05, 0.1) is 10.6 Å². The van der Waals surface area contributed by atoms with Gasteiger partial charge in [0.15, 0.2) is 0 Å². The Balaban J connectivity index is 2.00. The predicted molar refractivity (Wildman–Crippen MR) is 73.0 cm³/mol. The Morgan fingerprint density at radius 2 is 2.29 bits per heavy atom. The highest BCUT2D eigenvalue weighted by molar-refractivity contribution is 9.10. The van der Waals surface area contributed by atoms with Crippen molar-refractivity contribution in [3.8, 4) is 10.6 Å². The Kier molecular flexibility index (Phi) is 2.77. The predicted octanol–water partition coefficient (Wildman–Crippen LogP) is 2.96. The third kappa shape index (κ3) is 2.03. The Labute approximate surface area is 112 Å². The van der Waals surface area contributed by atoms with Gasteiger partial charge in [0.1, 0.15) is 5.82 Å². The van der Waals surface area contributed by atoms with Crippen LogP contribution >= 0.6 is 27.3 Å². The second-order valence-corrected chi connectivity index (χ2v) is 6.21. The minimum Gasteiger partial charge on any atom is -0.329 e. The summed E-state index contributed by atoms with van der Waals surface area (Å²) >= 11 is 5.14. The quantitative estimate of drug-likeness (QED) is 0.948. The van der Waals surface area contributed by atoms with Crippen LogP contribution in [0, 0.1) is 0 Å². The summed E-state index contributed by atoms with van der Waals surface area (Å²) < 4.78 is 1.10. The lowest BCUT2D eigenvalue weighted by molar-refractivity contribution is 0.649. The molecule has 2 aromatic rings. The first kappa shape index (κ1) is 11.3. The SMILES string of the molecule is NCC1(c2nccc(-c3cc(Br)cs3)n2)CC1. The lowest BCUT2D eigenvalue weighted by Crippen LogP contribution is -2.22. The van der Waals surface area contributed by atoms with E-state index in [1.165, 1.54) is 0 Å². The molecule has 0 saturated heterocycles. The third-order valence-electron chi connectivity index (χ3n) is 3.19. The summed E-state index contributed by atoms with van der Waals surface area (Å²) in [7, 11) is 0. The van der Waals surface area contributed by atoms with E-state index in [0.29, 0.717) is 6.54 Å². The summed E-state index contributed by atoms with van der Waals surface area (Å²) in [6.07, 6.45) is 4.06. The summed E-state index contributed by atoms with van der Waals surface area (Å²) in [5, 5.41) is 2.06. The average Bonchev–Trinajstić information content (AvgIpc) is 3.06. The Bertz CT molecular complexity index is 548.